The predicted molar refractivity (Wildman–Crippen MR) is 69.4 cm³/mol. The third-order valence-corrected chi connectivity index (χ3v) is 5.44. The van der Waals surface area contributed by atoms with E-state index < -0.39 is 0 Å². The van der Waals surface area contributed by atoms with Gasteiger partial charge in [-0.25, -0.2) is 0 Å². The van der Waals surface area contributed by atoms with E-state index in [2.05, 4.69) is 32.6 Å². The summed E-state index contributed by atoms with van der Waals surface area (Å²) in [5.74, 6) is 1.22. The van der Waals surface area contributed by atoms with E-state index >= 15 is 0 Å². The van der Waals surface area contributed by atoms with Gasteiger partial charge in [-0.15, -0.1) is 0 Å². The van der Waals surface area contributed by atoms with Crippen molar-refractivity contribution < 1.29 is 4.79 Å². The van der Waals surface area contributed by atoms with Crippen molar-refractivity contribution in [2.75, 3.05) is 19.6 Å². The normalized spacial score (nSPS) is 30.6. The number of amides is 1. The Labute approximate surface area is 105 Å². The van der Waals surface area contributed by atoms with Crippen LogP contribution in [-0.4, -0.2) is 30.4 Å². The maximum absolute atomic E-state index is 12.5. The van der Waals surface area contributed by atoms with E-state index in [1.54, 1.807) is 0 Å². The van der Waals surface area contributed by atoms with Crippen LogP contribution in [-0.2, 0) is 4.79 Å². The van der Waals surface area contributed by atoms with Gasteiger partial charge in [0.2, 0.25) is 5.91 Å². The molecule has 0 spiro atoms. The van der Waals surface area contributed by atoms with Crippen molar-refractivity contribution in [3.05, 3.63) is 0 Å². The predicted octanol–water partition coefficient (Wildman–Crippen LogP) is 1.87. The average molecular weight is 238 g/mol. The molecule has 1 saturated carbocycles. The van der Waals surface area contributed by atoms with Crippen molar-refractivity contribution in [1.29, 1.82) is 0 Å². The molecular weight excluding hydrogens is 212 g/mol. The van der Waals surface area contributed by atoms with E-state index in [9.17, 15) is 4.79 Å². The highest BCUT2D eigenvalue weighted by Gasteiger charge is 2.68. The minimum Gasteiger partial charge on any atom is -0.342 e. The third-order valence-electron chi connectivity index (χ3n) is 5.44. The van der Waals surface area contributed by atoms with Crippen molar-refractivity contribution in [1.82, 2.24) is 4.90 Å². The zero-order chi connectivity index (χ0) is 12.8. The second kappa shape index (κ2) is 3.98. The molecule has 1 unspecified atom stereocenters. The molecule has 0 aromatic heterocycles. The molecule has 1 saturated heterocycles. The number of nitrogens with two attached hydrogens (primary N) is 1. The highest BCUT2D eigenvalue weighted by molar-refractivity contribution is 5.84. The van der Waals surface area contributed by atoms with Gasteiger partial charge in [-0.2, -0.15) is 0 Å². The molecule has 1 amide bonds. The van der Waals surface area contributed by atoms with Gasteiger partial charge in [0.05, 0.1) is 0 Å². The second-order valence-electron chi connectivity index (χ2n) is 6.89. The smallest absolute Gasteiger partial charge is 0.226 e. The lowest BCUT2D eigenvalue weighted by Gasteiger charge is -2.17. The average Bonchev–Trinajstić information content (AvgIpc) is 2.59. The highest BCUT2D eigenvalue weighted by atomic mass is 16.2. The molecule has 3 nitrogen and oxygen atoms in total. The fourth-order valence-electron chi connectivity index (χ4n) is 3.50. The minimum absolute atomic E-state index is 0.163. The molecule has 1 aliphatic carbocycles. The second-order valence-corrected chi connectivity index (χ2v) is 6.89. The summed E-state index contributed by atoms with van der Waals surface area (Å²) in [6.07, 6.45) is 2.19. The Kier molecular flexibility index (Phi) is 3.01. The first kappa shape index (κ1) is 12.9. The van der Waals surface area contributed by atoms with Crippen molar-refractivity contribution in [2.45, 2.75) is 40.5 Å². The number of nitrogens with zero attached hydrogens (tertiary/aromatic N) is 1. The van der Waals surface area contributed by atoms with E-state index in [-0.39, 0.29) is 16.7 Å². The maximum atomic E-state index is 12.5. The van der Waals surface area contributed by atoms with Crippen LogP contribution in [0.5, 0.6) is 0 Å². The molecule has 2 rings (SSSR count). The molecule has 98 valence electrons. The Balaban J connectivity index is 1.95. The summed E-state index contributed by atoms with van der Waals surface area (Å²) >= 11 is 0. The summed E-state index contributed by atoms with van der Waals surface area (Å²) in [6.45, 7) is 11.5. The molecule has 2 aliphatic rings. The Bertz CT molecular complexity index is 308. The van der Waals surface area contributed by atoms with E-state index in [0.29, 0.717) is 11.8 Å². The van der Waals surface area contributed by atoms with Gasteiger partial charge in [0.1, 0.15) is 0 Å². The third kappa shape index (κ3) is 1.88. The Morgan fingerprint density at radius 2 is 1.88 bits per heavy atom. The van der Waals surface area contributed by atoms with Gasteiger partial charge in [0.25, 0.3) is 0 Å². The van der Waals surface area contributed by atoms with Crippen LogP contribution in [0, 0.1) is 22.7 Å². The molecule has 0 aromatic rings. The summed E-state index contributed by atoms with van der Waals surface area (Å²) in [4.78, 5) is 14.6. The van der Waals surface area contributed by atoms with Gasteiger partial charge in [0, 0.05) is 19.0 Å². The summed E-state index contributed by atoms with van der Waals surface area (Å²) in [7, 11) is 0. The van der Waals surface area contributed by atoms with Crippen LogP contribution in [0.4, 0.5) is 0 Å². The Hall–Kier alpha value is -0.570. The zero-order valence-corrected chi connectivity index (χ0v) is 11.6. The van der Waals surface area contributed by atoms with Crippen molar-refractivity contribution >= 4 is 5.91 Å². The molecule has 2 fully saturated rings. The molecule has 2 N–H and O–H groups in total. The minimum atomic E-state index is 0.163. The zero-order valence-electron chi connectivity index (χ0n) is 11.6. The maximum Gasteiger partial charge on any atom is 0.226 e. The lowest BCUT2D eigenvalue weighted by Crippen LogP contribution is -2.32. The first-order valence-corrected chi connectivity index (χ1v) is 6.81. The van der Waals surface area contributed by atoms with E-state index in [1.165, 1.54) is 0 Å². The van der Waals surface area contributed by atoms with Gasteiger partial charge in [-0.3, -0.25) is 4.79 Å². The first-order valence-electron chi connectivity index (χ1n) is 6.81. The van der Waals surface area contributed by atoms with Crippen molar-refractivity contribution in [3.63, 3.8) is 0 Å². The van der Waals surface area contributed by atoms with Crippen LogP contribution in [0.15, 0.2) is 0 Å². The number of carbonyl (C=O) groups excluding carboxylic acids is 1. The first-order chi connectivity index (χ1) is 7.82. The standard InChI is InChI=1S/C14H26N2O/c1-13(2)11(14(13,3)4)12(17)16-8-6-10(9-16)5-7-15/h10-11H,5-9,15H2,1-4H3. The fourth-order valence-corrected chi connectivity index (χ4v) is 3.50. The van der Waals surface area contributed by atoms with Gasteiger partial charge >= 0.3 is 0 Å². The molecule has 0 aromatic carbocycles. The molecule has 1 aliphatic heterocycles. The highest BCUT2D eigenvalue weighted by Crippen LogP contribution is 2.68. The number of hydrogen-bond donors (Lipinski definition) is 1. The summed E-state index contributed by atoms with van der Waals surface area (Å²) in [6, 6.07) is 0. The molecule has 3 heteroatoms. The van der Waals surface area contributed by atoms with Crippen molar-refractivity contribution in [3.8, 4) is 0 Å². The van der Waals surface area contributed by atoms with Crippen molar-refractivity contribution in [2.24, 2.45) is 28.4 Å². The Morgan fingerprint density at radius 1 is 1.29 bits per heavy atom. The molecule has 1 heterocycles. The lowest BCUT2D eigenvalue weighted by molar-refractivity contribution is -0.132. The summed E-state index contributed by atoms with van der Waals surface area (Å²) < 4.78 is 0. The fraction of sp³-hybridized carbons (Fsp3) is 0.929. The van der Waals surface area contributed by atoms with Crippen LogP contribution in [0.2, 0.25) is 0 Å². The molecule has 0 bridgehead atoms. The van der Waals surface area contributed by atoms with Crippen LogP contribution in [0.1, 0.15) is 40.5 Å². The molecule has 1 atom stereocenters. The topological polar surface area (TPSA) is 46.3 Å². The molecule has 0 radical (unpaired) electrons. The monoisotopic (exact) mass is 238 g/mol. The van der Waals surface area contributed by atoms with Gasteiger partial charge in [-0.1, -0.05) is 27.7 Å². The summed E-state index contributed by atoms with van der Waals surface area (Å²) in [5, 5.41) is 0. The number of likely N-dealkylation sites (tertiary alicyclic amines) is 1. The van der Waals surface area contributed by atoms with Crippen LogP contribution < -0.4 is 5.73 Å². The van der Waals surface area contributed by atoms with Crippen LogP contribution >= 0.6 is 0 Å². The van der Waals surface area contributed by atoms with Gasteiger partial charge in [0.15, 0.2) is 0 Å². The van der Waals surface area contributed by atoms with Gasteiger partial charge < -0.3 is 10.6 Å². The summed E-state index contributed by atoms with van der Waals surface area (Å²) in [5.41, 5.74) is 5.91. The molecular formula is C14H26N2O. The van der Waals surface area contributed by atoms with Crippen LogP contribution in [0.3, 0.4) is 0 Å². The quantitative estimate of drug-likeness (QED) is 0.816. The lowest BCUT2D eigenvalue weighted by atomic mass is 10.0. The SMILES string of the molecule is CC1(C)C(C(=O)N2CCC(CCN)C2)C1(C)C. The van der Waals surface area contributed by atoms with Gasteiger partial charge in [-0.05, 0) is 36.1 Å². The molecule has 17 heavy (non-hydrogen) atoms. The van der Waals surface area contributed by atoms with E-state index in [1.807, 2.05) is 0 Å². The van der Waals surface area contributed by atoms with Crippen LogP contribution in [0.25, 0.3) is 0 Å². The Morgan fingerprint density at radius 3 is 2.35 bits per heavy atom. The number of carbonyl (C=O) groups is 1. The van der Waals surface area contributed by atoms with E-state index in [0.717, 1.165) is 32.5 Å². The largest absolute Gasteiger partial charge is 0.342 e. The number of hydrogen-bond acceptors (Lipinski definition) is 2. The number of rotatable bonds is 3. The van der Waals surface area contributed by atoms with E-state index in [4.69, 9.17) is 5.73 Å².